The second-order valence-corrected chi connectivity index (χ2v) is 5.58. The maximum atomic E-state index is 12.3. The second-order valence-electron chi connectivity index (χ2n) is 3.55. The summed E-state index contributed by atoms with van der Waals surface area (Å²) in [5, 5.41) is 0. The molecular formula is C13H8BrF3OS. The molecule has 0 radical (unpaired) electrons. The highest BCUT2D eigenvalue weighted by atomic mass is 79.9. The molecule has 0 aliphatic rings. The normalized spacial score (nSPS) is 11.4. The first-order chi connectivity index (χ1) is 8.94. The van der Waals surface area contributed by atoms with Crippen LogP contribution in [0.15, 0.2) is 62.8 Å². The minimum atomic E-state index is -4.68. The van der Waals surface area contributed by atoms with Gasteiger partial charge in [0.2, 0.25) is 0 Å². The van der Waals surface area contributed by atoms with Gasteiger partial charge in [-0.25, -0.2) is 0 Å². The fourth-order valence-corrected chi connectivity index (χ4v) is 2.52. The largest absolute Gasteiger partial charge is 0.573 e. The number of alkyl halides is 3. The van der Waals surface area contributed by atoms with Crippen molar-refractivity contribution in [2.75, 3.05) is 0 Å². The molecule has 0 saturated carbocycles. The first-order valence-corrected chi connectivity index (χ1v) is 6.83. The van der Waals surface area contributed by atoms with E-state index in [-0.39, 0.29) is 5.75 Å². The maximum Gasteiger partial charge on any atom is 0.573 e. The number of ether oxygens (including phenoxy) is 1. The van der Waals surface area contributed by atoms with E-state index in [0.717, 1.165) is 9.37 Å². The van der Waals surface area contributed by atoms with E-state index >= 15 is 0 Å². The van der Waals surface area contributed by atoms with Gasteiger partial charge in [-0.15, -0.1) is 13.2 Å². The fourth-order valence-electron chi connectivity index (χ4n) is 1.37. The molecular weight excluding hydrogens is 341 g/mol. The Morgan fingerprint density at radius 1 is 0.947 bits per heavy atom. The molecule has 0 aliphatic carbocycles. The Hall–Kier alpha value is -1.14. The lowest BCUT2D eigenvalue weighted by atomic mass is 10.3. The smallest absolute Gasteiger partial charge is 0.405 e. The third-order valence-electron chi connectivity index (χ3n) is 2.12. The van der Waals surface area contributed by atoms with Crippen LogP contribution in [-0.4, -0.2) is 6.36 Å². The van der Waals surface area contributed by atoms with Gasteiger partial charge in [-0.3, -0.25) is 0 Å². The SMILES string of the molecule is FC(F)(F)Oc1ccccc1Sc1ccc(Br)cc1. The van der Waals surface area contributed by atoms with Gasteiger partial charge in [0.05, 0.1) is 4.90 Å². The van der Waals surface area contributed by atoms with E-state index in [1.165, 1.54) is 23.9 Å². The summed E-state index contributed by atoms with van der Waals surface area (Å²) in [6, 6.07) is 13.4. The summed E-state index contributed by atoms with van der Waals surface area (Å²) in [7, 11) is 0. The number of rotatable bonds is 3. The number of halogens is 4. The van der Waals surface area contributed by atoms with Gasteiger partial charge in [-0.05, 0) is 36.4 Å². The molecule has 0 spiro atoms. The van der Waals surface area contributed by atoms with E-state index in [0.29, 0.717) is 4.90 Å². The van der Waals surface area contributed by atoms with Gasteiger partial charge in [0.1, 0.15) is 5.75 Å². The van der Waals surface area contributed by atoms with Gasteiger partial charge < -0.3 is 4.74 Å². The molecule has 0 atom stereocenters. The topological polar surface area (TPSA) is 9.23 Å². The molecule has 0 amide bonds. The molecule has 0 aliphatic heterocycles. The Kier molecular flexibility index (Phi) is 4.42. The Labute approximate surface area is 120 Å². The Morgan fingerprint density at radius 3 is 2.21 bits per heavy atom. The quantitative estimate of drug-likeness (QED) is 0.724. The molecule has 2 aromatic carbocycles. The van der Waals surface area contributed by atoms with Gasteiger partial charge in [0, 0.05) is 9.37 Å². The average Bonchev–Trinajstić information content (AvgIpc) is 2.33. The number of hydrogen-bond acceptors (Lipinski definition) is 2. The van der Waals surface area contributed by atoms with Gasteiger partial charge in [-0.1, -0.05) is 39.8 Å². The van der Waals surface area contributed by atoms with Crippen molar-refractivity contribution in [3.05, 3.63) is 53.0 Å². The molecule has 1 nitrogen and oxygen atoms in total. The van der Waals surface area contributed by atoms with Crippen LogP contribution in [0.3, 0.4) is 0 Å². The third-order valence-corrected chi connectivity index (χ3v) is 3.71. The van der Waals surface area contributed by atoms with Crippen molar-refractivity contribution in [1.82, 2.24) is 0 Å². The summed E-state index contributed by atoms with van der Waals surface area (Å²) >= 11 is 4.52. The van der Waals surface area contributed by atoms with Gasteiger partial charge in [-0.2, -0.15) is 0 Å². The van der Waals surface area contributed by atoms with Crippen LogP contribution in [0.2, 0.25) is 0 Å². The highest BCUT2D eigenvalue weighted by Crippen LogP contribution is 2.37. The molecule has 0 saturated heterocycles. The fraction of sp³-hybridized carbons (Fsp3) is 0.0769. The zero-order valence-corrected chi connectivity index (χ0v) is 11.8. The van der Waals surface area contributed by atoms with E-state index < -0.39 is 6.36 Å². The van der Waals surface area contributed by atoms with Crippen molar-refractivity contribution >= 4 is 27.7 Å². The van der Waals surface area contributed by atoms with Crippen LogP contribution in [-0.2, 0) is 0 Å². The van der Waals surface area contributed by atoms with Crippen molar-refractivity contribution in [2.45, 2.75) is 16.2 Å². The number of hydrogen-bond donors (Lipinski definition) is 0. The van der Waals surface area contributed by atoms with Gasteiger partial charge >= 0.3 is 6.36 Å². The average molecular weight is 349 g/mol. The predicted octanol–water partition coefficient (Wildman–Crippen LogP) is 5.50. The lowest BCUT2D eigenvalue weighted by Gasteiger charge is -2.12. The summed E-state index contributed by atoms with van der Waals surface area (Å²) in [6.45, 7) is 0. The van der Waals surface area contributed by atoms with Crippen molar-refractivity contribution in [1.29, 1.82) is 0 Å². The lowest BCUT2D eigenvalue weighted by Crippen LogP contribution is -2.17. The predicted molar refractivity (Wildman–Crippen MR) is 71.4 cm³/mol. The number of benzene rings is 2. The molecule has 0 heterocycles. The molecule has 0 aromatic heterocycles. The first kappa shape index (κ1) is 14.3. The molecule has 2 rings (SSSR count). The summed E-state index contributed by atoms with van der Waals surface area (Å²) in [4.78, 5) is 1.25. The molecule has 100 valence electrons. The lowest BCUT2D eigenvalue weighted by molar-refractivity contribution is -0.275. The Bertz CT molecular complexity index is 555. The summed E-state index contributed by atoms with van der Waals surface area (Å²) in [6.07, 6.45) is -4.68. The monoisotopic (exact) mass is 348 g/mol. The van der Waals surface area contributed by atoms with E-state index in [2.05, 4.69) is 20.7 Å². The van der Waals surface area contributed by atoms with Gasteiger partial charge in [0.25, 0.3) is 0 Å². The summed E-state index contributed by atoms with van der Waals surface area (Å²) < 4.78 is 41.7. The summed E-state index contributed by atoms with van der Waals surface area (Å²) in [5.74, 6) is -0.192. The molecule has 0 fully saturated rings. The molecule has 0 bridgehead atoms. The highest BCUT2D eigenvalue weighted by molar-refractivity contribution is 9.10. The van der Waals surface area contributed by atoms with E-state index in [1.807, 2.05) is 24.3 Å². The molecule has 6 heteroatoms. The minimum absolute atomic E-state index is 0.192. The van der Waals surface area contributed by atoms with Crippen molar-refractivity contribution in [2.24, 2.45) is 0 Å². The second kappa shape index (κ2) is 5.88. The standard InChI is InChI=1S/C13H8BrF3OS/c14-9-5-7-10(8-6-9)19-12-4-2-1-3-11(12)18-13(15,16)17/h1-8H. The summed E-state index contributed by atoms with van der Waals surface area (Å²) in [5.41, 5.74) is 0. The van der Waals surface area contributed by atoms with Crippen molar-refractivity contribution < 1.29 is 17.9 Å². The van der Waals surface area contributed by atoms with E-state index in [1.54, 1.807) is 12.1 Å². The highest BCUT2D eigenvalue weighted by Gasteiger charge is 2.32. The maximum absolute atomic E-state index is 12.3. The van der Waals surface area contributed by atoms with Crippen LogP contribution in [0.4, 0.5) is 13.2 Å². The molecule has 0 unspecified atom stereocenters. The van der Waals surface area contributed by atoms with E-state index in [9.17, 15) is 13.2 Å². The van der Waals surface area contributed by atoms with Crippen LogP contribution >= 0.6 is 27.7 Å². The van der Waals surface area contributed by atoms with Crippen LogP contribution < -0.4 is 4.74 Å². The van der Waals surface area contributed by atoms with Crippen molar-refractivity contribution in [3.63, 3.8) is 0 Å². The Morgan fingerprint density at radius 2 is 1.58 bits per heavy atom. The van der Waals surface area contributed by atoms with Crippen LogP contribution in [0.25, 0.3) is 0 Å². The van der Waals surface area contributed by atoms with Crippen LogP contribution in [0, 0.1) is 0 Å². The zero-order chi connectivity index (χ0) is 13.9. The molecule has 0 N–H and O–H groups in total. The molecule has 19 heavy (non-hydrogen) atoms. The Balaban J connectivity index is 2.22. The van der Waals surface area contributed by atoms with Gasteiger partial charge in [0.15, 0.2) is 0 Å². The first-order valence-electron chi connectivity index (χ1n) is 5.22. The third kappa shape index (κ3) is 4.47. The van der Waals surface area contributed by atoms with Crippen molar-refractivity contribution in [3.8, 4) is 5.75 Å². The van der Waals surface area contributed by atoms with E-state index in [4.69, 9.17) is 0 Å². The van der Waals surface area contributed by atoms with Crippen LogP contribution in [0.1, 0.15) is 0 Å². The molecule has 2 aromatic rings. The zero-order valence-electron chi connectivity index (χ0n) is 9.45. The minimum Gasteiger partial charge on any atom is -0.405 e. The van der Waals surface area contributed by atoms with Crippen LogP contribution in [0.5, 0.6) is 5.75 Å². The number of para-hydroxylation sites is 1.